The number of nitrogens with one attached hydrogen (secondary N) is 1. The molecule has 2 unspecified atom stereocenters. The fourth-order valence-corrected chi connectivity index (χ4v) is 1.03. The van der Waals surface area contributed by atoms with Crippen LogP contribution in [-0.4, -0.2) is 29.8 Å². The molecule has 0 saturated heterocycles. The van der Waals surface area contributed by atoms with E-state index in [1.165, 1.54) is 0 Å². The number of carbonyl (C=O) groups is 1. The quantitative estimate of drug-likeness (QED) is 0.734. The molecule has 2 N–H and O–H groups in total. The zero-order valence-corrected chi connectivity index (χ0v) is 8.06. The van der Waals surface area contributed by atoms with E-state index in [1.54, 1.807) is 19.2 Å². The molecule has 0 aromatic heterocycles. The summed E-state index contributed by atoms with van der Waals surface area (Å²) in [4.78, 5) is 10.4. The number of aliphatic hydroxyl groups is 1. The molecular weight excluding hydrogens is 199 g/mol. The Morgan fingerprint density at radius 1 is 1.43 bits per heavy atom. The minimum absolute atomic E-state index is 0.0801. The number of rotatable bonds is 4. The van der Waals surface area contributed by atoms with E-state index >= 15 is 0 Å². The van der Waals surface area contributed by atoms with Crippen LogP contribution in [0.3, 0.4) is 0 Å². The number of amides is 1. The summed E-state index contributed by atoms with van der Waals surface area (Å²) in [6.45, 7) is 3.12. The summed E-state index contributed by atoms with van der Waals surface area (Å²) in [6.07, 6.45) is -5.05. The van der Waals surface area contributed by atoms with Crippen LogP contribution in [0.25, 0.3) is 0 Å². The molecular formula is C8H14F3NO2. The normalized spacial score (nSPS) is 16.1. The summed E-state index contributed by atoms with van der Waals surface area (Å²) in [5.74, 6) is -2.11. The molecule has 14 heavy (non-hydrogen) atoms. The Bertz CT molecular complexity index is 192. The van der Waals surface area contributed by atoms with Crippen LogP contribution in [0, 0.1) is 5.92 Å². The van der Waals surface area contributed by atoms with Crippen LogP contribution in [0.15, 0.2) is 0 Å². The van der Waals surface area contributed by atoms with Gasteiger partial charge in [0.1, 0.15) is 0 Å². The molecule has 1 amide bonds. The van der Waals surface area contributed by atoms with Gasteiger partial charge in [0.05, 0.1) is 6.10 Å². The molecule has 0 fully saturated rings. The number of alkyl halides is 3. The molecule has 0 aliphatic heterocycles. The number of hydrogen-bond acceptors (Lipinski definition) is 2. The minimum Gasteiger partial charge on any atom is -0.393 e. The first-order chi connectivity index (χ1) is 6.23. The van der Waals surface area contributed by atoms with Crippen molar-refractivity contribution in [1.29, 1.82) is 0 Å². The molecule has 0 aromatic carbocycles. The second-order valence-electron chi connectivity index (χ2n) is 3.40. The summed E-state index contributed by atoms with van der Waals surface area (Å²) in [6, 6.07) is 0. The molecule has 0 saturated carbocycles. The molecule has 0 rings (SSSR count). The van der Waals surface area contributed by atoms with Gasteiger partial charge in [0.2, 0.25) is 0 Å². The van der Waals surface area contributed by atoms with Gasteiger partial charge in [0.25, 0.3) is 0 Å². The predicted molar refractivity (Wildman–Crippen MR) is 44.5 cm³/mol. The fourth-order valence-electron chi connectivity index (χ4n) is 1.03. The van der Waals surface area contributed by atoms with Gasteiger partial charge < -0.3 is 10.4 Å². The Morgan fingerprint density at radius 2 is 1.93 bits per heavy atom. The van der Waals surface area contributed by atoms with Gasteiger partial charge in [-0.05, 0) is 19.3 Å². The van der Waals surface area contributed by atoms with Crippen molar-refractivity contribution in [2.24, 2.45) is 5.92 Å². The second kappa shape index (κ2) is 5.19. The summed E-state index contributed by atoms with van der Waals surface area (Å²) in [5, 5.41) is 10.7. The van der Waals surface area contributed by atoms with Crippen LogP contribution in [0.4, 0.5) is 13.2 Å². The van der Waals surface area contributed by atoms with Crippen LogP contribution in [0.5, 0.6) is 0 Å². The van der Waals surface area contributed by atoms with Gasteiger partial charge >= 0.3 is 12.1 Å². The maximum Gasteiger partial charge on any atom is 0.471 e. The van der Waals surface area contributed by atoms with E-state index in [-0.39, 0.29) is 12.5 Å². The van der Waals surface area contributed by atoms with Crippen LogP contribution < -0.4 is 5.32 Å². The Kier molecular flexibility index (Phi) is 4.90. The number of carbonyl (C=O) groups excluding carboxylic acids is 1. The average Bonchev–Trinajstić information content (AvgIpc) is 1.96. The van der Waals surface area contributed by atoms with Crippen LogP contribution >= 0.6 is 0 Å². The summed E-state index contributed by atoms with van der Waals surface area (Å²) in [7, 11) is 0. The molecule has 0 aromatic rings. The van der Waals surface area contributed by atoms with Crippen molar-refractivity contribution >= 4 is 5.91 Å². The predicted octanol–water partition coefficient (Wildman–Crippen LogP) is 1.07. The van der Waals surface area contributed by atoms with Crippen molar-refractivity contribution in [2.75, 3.05) is 6.54 Å². The summed E-state index contributed by atoms with van der Waals surface area (Å²) < 4.78 is 35.1. The Morgan fingerprint density at radius 3 is 2.29 bits per heavy atom. The molecule has 3 nitrogen and oxygen atoms in total. The Balaban J connectivity index is 3.78. The smallest absolute Gasteiger partial charge is 0.393 e. The van der Waals surface area contributed by atoms with E-state index in [1.807, 2.05) is 0 Å². The van der Waals surface area contributed by atoms with E-state index in [2.05, 4.69) is 0 Å². The van der Waals surface area contributed by atoms with Crippen LogP contribution in [-0.2, 0) is 4.79 Å². The molecule has 0 heterocycles. The third kappa shape index (κ3) is 5.80. The molecule has 2 atom stereocenters. The SMILES string of the molecule is CC(O)CC(C)CNC(=O)C(F)(F)F. The summed E-state index contributed by atoms with van der Waals surface area (Å²) in [5.41, 5.74) is 0. The third-order valence-electron chi connectivity index (χ3n) is 1.61. The average molecular weight is 213 g/mol. The first kappa shape index (κ1) is 13.2. The van der Waals surface area contributed by atoms with E-state index in [0.29, 0.717) is 6.42 Å². The van der Waals surface area contributed by atoms with Crippen molar-refractivity contribution in [2.45, 2.75) is 32.5 Å². The topological polar surface area (TPSA) is 49.3 Å². The standard InChI is InChI=1S/C8H14F3NO2/c1-5(3-6(2)13)4-12-7(14)8(9,10)11/h5-6,13H,3-4H2,1-2H3,(H,12,14). The first-order valence-corrected chi connectivity index (χ1v) is 4.26. The molecule has 84 valence electrons. The van der Waals surface area contributed by atoms with Gasteiger partial charge in [-0.3, -0.25) is 4.79 Å². The van der Waals surface area contributed by atoms with Gasteiger partial charge in [0.15, 0.2) is 0 Å². The maximum atomic E-state index is 11.7. The molecule has 0 aliphatic carbocycles. The van der Waals surface area contributed by atoms with E-state index in [4.69, 9.17) is 5.11 Å². The highest BCUT2D eigenvalue weighted by Crippen LogP contribution is 2.14. The lowest BCUT2D eigenvalue weighted by atomic mass is 10.1. The van der Waals surface area contributed by atoms with Crippen molar-refractivity contribution in [1.82, 2.24) is 5.32 Å². The summed E-state index contributed by atoms with van der Waals surface area (Å²) >= 11 is 0. The fraction of sp³-hybridized carbons (Fsp3) is 0.875. The van der Waals surface area contributed by atoms with Crippen molar-refractivity contribution in [3.8, 4) is 0 Å². The number of halogens is 3. The highest BCUT2D eigenvalue weighted by atomic mass is 19.4. The highest BCUT2D eigenvalue weighted by Gasteiger charge is 2.38. The highest BCUT2D eigenvalue weighted by molar-refractivity contribution is 5.81. The van der Waals surface area contributed by atoms with E-state index in [9.17, 15) is 18.0 Å². The molecule has 0 aliphatic rings. The van der Waals surface area contributed by atoms with Crippen LogP contribution in [0.2, 0.25) is 0 Å². The largest absolute Gasteiger partial charge is 0.471 e. The van der Waals surface area contributed by atoms with E-state index in [0.717, 1.165) is 0 Å². The van der Waals surface area contributed by atoms with E-state index < -0.39 is 18.2 Å². The first-order valence-electron chi connectivity index (χ1n) is 4.26. The van der Waals surface area contributed by atoms with Gasteiger partial charge in [-0.15, -0.1) is 0 Å². The van der Waals surface area contributed by atoms with Gasteiger partial charge in [-0.1, -0.05) is 6.92 Å². The molecule has 0 spiro atoms. The lowest BCUT2D eigenvalue weighted by molar-refractivity contribution is -0.173. The maximum absolute atomic E-state index is 11.7. The zero-order chi connectivity index (χ0) is 11.4. The monoisotopic (exact) mass is 213 g/mol. The van der Waals surface area contributed by atoms with Crippen molar-refractivity contribution in [3.05, 3.63) is 0 Å². The van der Waals surface area contributed by atoms with Gasteiger partial charge in [-0.25, -0.2) is 0 Å². The lowest BCUT2D eigenvalue weighted by Crippen LogP contribution is -2.39. The van der Waals surface area contributed by atoms with Crippen molar-refractivity contribution < 1.29 is 23.1 Å². The zero-order valence-electron chi connectivity index (χ0n) is 8.06. The van der Waals surface area contributed by atoms with Gasteiger partial charge in [-0.2, -0.15) is 13.2 Å². The second-order valence-corrected chi connectivity index (χ2v) is 3.40. The minimum atomic E-state index is -4.83. The third-order valence-corrected chi connectivity index (χ3v) is 1.61. The molecule has 0 radical (unpaired) electrons. The number of aliphatic hydroxyl groups excluding tert-OH is 1. The molecule has 0 bridgehead atoms. The molecule has 6 heteroatoms. The number of hydrogen-bond donors (Lipinski definition) is 2. The van der Waals surface area contributed by atoms with Crippen LogP contribution in [0.1, 0.15) is 20.3 Å². The Hall–Kier alpha value is -0.780. The Labute approximate surface area is 80.3 Å². The van der Waals surface area contributed by atoms with Gasteiger partial charge in [0, 0.05) is 6.54 Å². The lowest BCUT2D eigenvalue weighted by Gasteiger charge is -2.14. The van der Waals surface area contributed by atoms with Crippen molar-refractivity contribution in [3.63, 3.8) is 0 Å².